The van der Waals surface area contributed by atoms with Gasteiger partial charge in [-0.3, -0.25) is 14.5 Å². The lowest BCUT2D eigenvalue weighted by atomic mass is 10.0. The number of carbonyl (C=O) groups is 2. The number of morpholine rings is 1. The first-order valence-electron chi connectivity index (χ1n) is 9.85. The molecular formula is C21H28N2O6. The summed E-state index contributed by atoms with van der Waals surface area (Å²) in [6, 6.07) is 5.27. The Morgan fingerprint density at radius 1 is 1.03 bits per heavy atom. The van der Waals surface area contributed by atoms with Gasteiger partial charge in [0, 0.05) is 32.8 Å². The summed E-state index contributed by atoms with van der Waals surface area (Å²) < 4.78 is 21.5. The van der Waals surface area contributed by atoms with Crippen LogP contribution in [0.25, 0.3) is 5.57 Å². The van der Waals surface area contributed by atoms with E-state index in [2.05, 4.69) is 0 Å². The van der Waals surface area contributed by atoms with Crippen molar-refractivity contribution in [3.63, 3.8) is 0 Å². The van der Waals surface area contributed by atoms with Gasteiger partial charge < -0.3 is 23.8 Å². The Balaban J connectivity index is 1.97. The van der Waals surface area contributed by atoms with Gasteiger partial charge in [-0.2, -0.15) is 0 Å². The molecule has 0 radical (unpaired) electrons. The first-order chi connectivity index (χ1) is 14.1. The lowest BCUT2D eigenvalue weighted by Gasteiger charge is -2.29. The van der Waals surface area contributed by atoms with Crippen LogP contribution in [-0.2, 0) is 19.1 Å². The number of nitrogens with zero attached hydrogens (tertiary/aromatic N) is 2. The van der Waals surface area contributed by atoms with E-state index < -0.39 is 0 Å². The summed E-state index contributed by atoms with van der Waals surface area (Å²) in [5, 5.41) is 0. The molecule has 0 spiro atoms. The molecule has 0 bridgehead atoms. The topological polar surface area (TPSA) is 77.5 Å². The van der Waals surface area contributed by atoms with Crippen molar-refractivity contribution in [1.29, 1.82) is 0 Å². The monoisotopic (exact) mass is 404 g/mol. The zero-order chi connectivity index (χ0) is 20.8. The summed E-state index contributed by atoms with van der Waals surface area (Å²) in [6.07, 6.45) is 0.598. The molecule has 0 atom stereocenters. The predicted octanol–water partition coefficient (Wildman–Crippen LogP) is 1.54. The molecular weight excluding hydrogens is 376 g/mol. The summed E-state index contributed by atoms with van der Waals surface area (Å²) >= 11 is 0. The fraction of sp³-hybridized carbons (Fsp3) is 0.524. The van der Waals surface area contributed by atoms with Crippen LogP contribution in [0, 0.1) is 0 Å². The van der Waals surface area contributed by atoms with Crippen molar-refractivity contribution in [3.05, 3.63) is 29.5 Å². The van der Waals surface area contributed by atoms with Gasteiger partial charge in [-0.25, -0.2) is 0 Å². The minimum absolute atomic E-state index is 0.266. The first kappa shape index (κ1) is 21.1. The van der Waals surface area contributed by atoms with E-state index in [1.807, 2.05) is 11.8 Å². The Bertz CT molecular complexity index is 785. The van der Waals surface area contributed by atoms with Crippen LogP contribution in [0.3, 0.4) is 0 Å². The number of hydrogen-bond donors (Lipinski definition) is 0. The summed E-state index contributed by atoms with van der Waals surface area (Å²) in [5.41, 5.74) is 1.46. The Kier molecular flexibility index (Phi) is 7.11. The van der Waals surface area contributed by atoms with Gasteiger partial charge >= 0.3 is 0 Å². The Hall–Kier alpha value is -2.58. The van der Waals surface area contributed by atoms with Crippen LogP contribution in [0.2, 0.25) is 0 Å². The molecule has 1 aromatic carbocycles. The number of ether oxygens (including phenoxy) is 4. The summed E-state index contributed by atoms with van der Waals surface area (Å²) in [4.78, 5) is 29.7. The largest absolute Gasteiger partial charge is 0.493 e. The van der Waals surface area contributed by atoms with Crippen LogP contribution in [0.5, 0.6) is 11.5 Å². The Labute approximate surface area is 171 Å². The van der Waals surface area contributed by atoms with Gasteiger partial charge in [0.05, 0.1) is 33.0 Å². The fourth-order valence-corrected chi connectivity index (χ4v) is 3.57. The maximum atomic E-state index is 13.3. The smallest absolute Gasteiger partial charge is 0.277 e. The van der Waals surface area contributed by atoms with Gasteiger partial charge in [-0.1, -0.05) is 6.07 Å². The van der Waals surface area contributed by atoms with E-state index in [9.17, 15) is 9.59 Å². The first-order valence-corrected chi connectivity index (χ1v) is 9.85. The zero-order valence-electron chi connectivity index (χ0n) is 17.2. The second-order valence-corrected chi connectivity index (χ2v) is 6.71. The van der Waals surface area contributed by atoms with Gasteiger partial charge in [0.2, 0.25) is 0 Å². The predicted molar refractivity (Wildman–Crippen MR) is 107 cm³/mol. The molecule has 1 fully saturated rings. The Morgan fingerprint density at radius 2 is 1.76 bits per heavy atom. The molecule has 0 unspecified atom stereocenters. The quantitative estimate of drug-likeness (QED) is 0.456. The number of amides is 2. The standard InChI is InChI=1S/C21H28N2O6/c1-4-28-11-5-8-23-20(24)18(15-6-7-16(26-2)17(14-15)27-3)19(21(23)25)22-9-12-29-13-10-22/h6-7,14H,4-5,8-13H2,1-3H3. The zero-order valence-corrected chi connectivity index (χ0v) is 17.2. The van der Waals surface area contributed by atoms with E-state index in [4.69, 9.17) is 18.9 Å². The van der Waals surface area contributed by atoms with E-state index in [0.29, 0.717) is 80.8 Å². The van der Waals surface area contributed by atoms with Gasteiger partial charge in [0.25, 0.3) is 11.8 Å². The summed E-state index contributed by atoms with van der Waals surface area (Å²) in [6.45, 7) is 5.53. The molecule has 1 aromatic rings. The van der Waals surface area contributed by atoms with Crippen LogP contribution in [0.4, 0.5) is 0 Å². The number of methoxy groups -OCH3 is 2. The highest BCUT2D eigenvalue weighted by molar-refractivity contribution is 6.35. The molecule has 8 nitrogen and oxygen atoms in total. The van der Waals surface area contributed by atoms with Crippen molar-refractivity contribution < 1.29 is 28.5 Å². The number of hydrogen-bond acceptors (Lipinski definition) is 7. The molecule has 0 aromatic heterocycles. The number of rotatable bonds is 9. The minimum atomic E-state index is -0.291. The second-order valence-electron chi connectivity index (χ2n) is 6.71. The van der Waals surface area contributed by atoms with E-state index in [-0.39, 0.29) is 11.8 Å². The van der Waals surface area contributed by atoms with Crippen LogP contribution >= 0.6 is 0 Å². The molecule has 2 aliphatic heterocycles. The maximum absolute atomic E-state index is 13.3. The molecule has 0 N–H and O–H groups in total. The number of imide groups is 1. The van der Waals surface area contributed by atoms with E-state index in [0.717, 1.165) is 0 Å². The maximum Gasteiger partial charge on any atom is 0.277 e. The average molecular weight is 404 g/mol. The van der Waals surface area contributed by atoms with Crippen molar-refractivity contribution in [3.8, 4) is 11.5 Å². The third-order valence-electron chi connectivity index (χ3n) is 5.02. The van der Waals surface area contributed by atoms with Crippen LogP contribution in [0.15, 0.2) is 23.9 Å². The summed E-state index contributed by atoms with van der Waals surface area (Å²) in [5.74, 6) is 0.516. The van der Waals surface area contributed by atoms with Gasteiger partial charge in [-0.05, 0) is 31.0 Å². The Morgan fingerprint density at radius 3 is 2.41 bits per heavy atom. The molecule has 0 aliphatic carbocycles. The van der Waals surface area contributed by atoms with Crippen LogP contribution in [0.1, 0.15) is 18.9 Å². The van der Waals surface area contributed by atoms with Crippen molar-refractivity contribution in [1.82, 2.24) is 9.80 Å². The number of benzene rings is 1. The third-order valence-corrected chi connectivity index (χ3v) is 5.02. The lowest BCUT2D eigenvalue weighted by Crippen LogP contribution is -2.40. The SMILES string of the molecule is CCOCCCN1C(=O)C(c2ccc(OC)c(OC)c2)=C(N2CCOCC2)C1=O. The van der Waals surface area contributed by atoms with Crippen molar-refractivity contribution >= 4 is 17.4 Å². The van der Waals surface area contributed by atoms with Crippen LogP contribution in [-0.4, -0.2) is 81.9 Å². The van der Waals surface area contributed by atoms with Crippen molar-refractivity contribution in [2.24, 2.45) is 0 Å². The molecule has 8 heteroatoms. The van der Waals surface area contributed by atoms with Crippen molar-refractivity contribution in [2.45, 2.75) is 13.3 Å². The highest BCUT2D eigenvalue weighted by Crippen LogP contribution is 2.36. The summed E-state index contributed by atoms with van der Waals surface area (Å²) in [7, 11) is 3.10. The minimum Gasteiger partial charge on any atom is -0.493 e. The van der Waals surface area contributed by atoms with Gasteiger partial charge in [0.15, 0.2) is 11.5 Å². The van der Waals surface area contributed by atoms with Gasteiger partial charge in [-0.15, -0.1) is 0 Å². The van der Waals surface area contributed by atoms with E-state index in [1.54, 1.807) is 32.4 Å². The molecule has 3 rings (SSSR count). The molecule has 2 heterocycles. The highest BCUT2D eigenvalue weighted by Gasteiger charge is 2.41. The molecule has 2 aliphatic rings. The second kappa shape index (κ2) is 9.76. The molecule has 0 saturated carbocycles. The third kappa shape index (κ3) is 4.38. The lowest BCUT2D eigenvalue weighted by molar-refractivity contribution is -0.138. The van der Waals surface area contributed by atoms with E-state index in [1.165, 1.54) is 4.90 Å². The molecule has 2 amide bonds. The normalized spacial score (nSPS) is 17.3. The molecule has 158 valence electrons. The fourth-order valence-electron chi connectivity index (χ4n) is 3.57. The van der Waals surface area contributed by atoms with E-state index >= 15 is 0 Å². The average Bonchev–Trinajstić information content (AvgIpc) is 3.01. The van der Waals surface area contributed by atoms with Crippen LogP contribution < -0.4 is 9.47 Å². The van der Waals surface area contributed by atoms with Crippen molar-refractivity contribution in [2.75, 3.05) is 60.3 Å². The molecule has 29 heavy (non-hydrogen) atoms. The number of carbonyl (C=O) groups excluding carboxylic acids is 2. The van der Waals surface area contributed by atoms with Gasteiger partial charge in [0.1, 0.15) is 5.70 Å². The highest BCUT2D eigenvalue weighted by atomic mass is 16.5. The molecule has 1 saturated heterocycles.